The van der Waals surface area contributed by atoms with Gasteiger partial charge in [0.25, 0.3) is 0 Å². The molecule has 4 nitrogen and oxygen atoms in total. The number of anilines is 1. The fourth-order valence-corrected chi connectivity index (χ4v) is 4.17. The van der Waals surface area contributed by atoms with Gasteiger partial charge in [-0.3, -0.25) is 9.69 Å². The maximum atomic E-state index is 12.9. The molecule has 3 aromatic rings. The quantitative estimate of drug-likeness (QED) is 0.644. The molecular weight excluding hydrogens is 394 g/mol. The van der Waals surface area contributed by atoms with Crippen molar-refractivity contribution in [1.82, 2.24) is 10.2 Å². The Bertz CT molecular complexity index is 917. The van der Waals surface area contributed by atoms with Crippen LogP contribution in [0.2, 0.25) is 5.02 Å². The van der Waals surface area contributed by atoms with Gasteiger partial charge in [-0.1, -0.05) is 84.4 Å². The number of carbonyl (C=O) groups excluding carboxylic acids is 1. The van der Waals surface area contributed by atoms with E-state index in [1.54, 1.807) is 0 Å². The number of carbonyl (C=O) groups is 1. The minimum atomic E-state index is -0.149. The van der Waals surface area contributed by atoms with Crippen LogP contribution in [0, 0.1) is 0 Å². The molecule has 0 aliphatic carbocycles. The first-order chi connectivity index (χ1) is 14.7. The Morgan fingerprint density at radius 2 is 1.33 bits per heavy atom. The van der Waals surface area contributed by atoms with E-state index in [1.165, 1.54) is 0 Å². The van der Waals surface area contributed by atoms with Crippen molar-refractivity contribution in [2.75, 3.05) is 37.6 Å². The first-order valence-electron chi connectivity index (χ1n) is 10.3. The van der Waals surface area contributed by atoms with Gasteiger partial charge in [0.1, 0.15) is 0 Å². The number of rotatable bonds is 6. The normalized spacial score (nSPS) is 14.7. The molecule has 1 amide bonds. The minimum Gasteiger partial charge on any atom is -0.368 e. The Balaban J connectivity index is 1.37. The highest BCUT2D eigenvalue weighted by Crippen LogP contribution is 2.26. The van der Waals surface area contributed by atoms with Gasteiger partial charge in [-0.25, -0.2) is 0 Å². The van der Waals surface area contributed by atoms with Gasteiger partial charge in [0, 0.05) is 26.2 Å². The summed E-state index contributed by atoms with van der Waals surface area (Å²) in [7, 11) is 0. The van der Waals surface area contributed by atoms with Crippen LogP contribution in [0.25, 0.3) is 0 Å². The Kier molecular flexibility index (Phi) is 6.67. The first-order valence-corrected chi connectivity index (χ1v) is 10.7. The molecule has 0 radical (unpaired) electrons. The summed E-state index contributed by atoms with van der Waals surface area (Å²) in [4.78, 5) is 17.4. The third-order valence-electron chi connectivity index (χ3n) is 5.50. The zero-order valence-electron chi connectivity index (χ0n) is 16.9. The lowest BCUT2D eigenvalue weighted by Crippen LogP contribution is -2.50. The fraction of sp³-hybridized carbons (Fsp3) is 0.240. The van der Waals surface area contributed by atoms with Gasteiger partial charge >= 0.3 is 0 Å². The molecule has 1 heterocycles. The van der Waals surface area contributed by atoms with Crippen molar-refractivity contribution >= 4 is 23.2 Å². The highest BCUT2D eigenvalue weighted by Gasteiger charge is 2.22. The van der Waals surface area contributed by atoms with Gasteiger partial charge in [-0.05, 0) is 23.3 Å². The number of amides is 1. The predicted molar refractivity (Wildman–Crippen MR) is 123 cm³/mol. The summed E-state index contributed by atoms with van der Waals surface area (Å²) in [5.74, 6) is 0.0406. The summed E-state index contributed by atoms with van der Waals surface area (Å²) in [6, 6.07) is 28.0. The van der Waals surface area contributed by atoms with E-state index >= 15 is 0 Å². The number of nitrogens with zero attached hydrogens (tertiary/aromatic N) is 2. The van der Waals surface area contributed by atoms with Gasteiger partial charge in [0.2, 0.25) is 5.91 Å². The Morgan fingerprint density at radius 3 is 1.90 bits per heavy atom. The Morgan fingerprint density at radius 1 is 0.800 bits per heavy atom. The van der Waals surface area contributed by atoms with Crippen LogP contribution in [0.3, 0.4) is 0 Å². The molecule has 5 heteroatoms. The molecule has 0 saturated carbocycles. The van der Waals surface area contributed by atoms with Gasteiger partial charge in [-0.15, -0.1) is 0 Å². The SMILES string of the molecule is O=C(CN1CCN(c2ccccc2Cl)CC1)NC(c1ccccc1)c1ccccc1. The molecule has 0 bridgehead atoms. The molecule has 1 aliphatic rings. The minimum absolute atomic E-state index is 0.0406. The van der Waals surface area contributed by atoms with Crippen LogP contribution in [0.15, 0.2) is 84.9 Å². The molecule has 1 aliphatic heterocycles. The summed E-state index contributed by atoms with van der Waals surface area (Å²) in [6.07, 6.45) is 0. The third-order valence-corrected chi connectivity index (χ3v) is 5.82. The molecule has 1 saturated heterocycles. The fourth-order valence-electron chi connectivity index (χ4n) is 3.91. The van der Waals surface area contributed by atoms with Crippen LogP contribution in [0.4, 0.5) is 5.69 Å². The summed E-state index contributed by atoms with van der Waals surface area (Å²) < 4.78 is 0. The van der Waals surface area contributed by atoms with E-state index < -0.39 is 0 Å². The van der Waals surface area contributed by atoms with E-state index in [4.69, 9.17) is 11.6 Å². The van der Waals surface area contributed by atoms with E-state index in [-0.39, 0.29) is 11.9 Å². The van der Waals surface area contributed by atoms with Crippen LogP contribution in [-0.2, 0) is 4.79 Å². The van der Waals surface area contributed by atoms with Crippen LogP contribution in [0.5, 0.6) is 0 Å². The number of halogens is 1. The Labute approximate surface area is 183 Å². The van der Waals surface area contributed by atoms with Crippen LogP contribution in [-0.4, -0.2) is 43.5 Å². The Hall–Kier alpha value is -2.82. The van der Waals surface area contributed by atoms with Crippen molar-refractivity contribution in [3.05, 3.63) is 101 Å². The van der Waals surface area contributed by atoms with Crippen molar-refractivity contribution in [3.8, 4) is 0 Å². The summed E-state index contributed by atoms with van der Waals surface area (Å²) in [5, 5.41) is 4.01. The molecule has 0 aromatic heterocycles. The highest BCUT2D eigenvalue weighted by molar-refractivity contribution is 6.33. The molecule has 0 unspecified atom stereocenters. The monoisotopic (exact) mass is 419 g/mol. The summed E-state index contributed by atoms with van der Waals surface area (Å²) >= 11 is 6.33. The number of hydrogen-bond donors (Lipinski definition) is 1. The number of hydrogen-bond acceptors (Lipinski definition) is 3. The third kappa shape index (κ3) is 5.02. The zero-order valence-corrected chi connectivity index (χ0v) is 17.6. The number of para-hydroxylation sites is 1. The van der Waals surface area contributed by atoms with Crippen LogP contribution in [0.1, 0.15) is 17.2 Å². The second-order valence-electron chi connectivity index (χ2n) is 7.54. The zero-order chi connectivity index (χ0) is 20.8. The van der Waals surface area contributed by atoms with Gasteiger partial charge in [0.15, 0.2) is 0 Å². The second kappa shape index (κ2) is 9.79. The molecule has 30 heavy (non-hydrogen) atoms. The second-order valence-corrected chi connectivity index (χ2v) is 7.94. The lowest BCUT2D eigenvalue weighted by Gasteiger charge is -2.36. The molecule has 0 spiro atoms. The maximum Gasteiger partial charge on any atom is 0.234 e. The standard InChI is InChI=1S/C25H26ClN3O/c26-22-13-7-8-14-23(22)29-17-15-28(16-18-29)19-24(30)27-25(20-9-3-1-4-10-20)21-11-5-2-6-12-21/h1-14,25H,15-19H2,(H,27,30). The van der Waals surface area contributed by atoms with Crippen molar-refractivity contribution in [2.45, 2.75) is 6.04 Å². The average molecular weight is 420 g/mol. The molecule has 4 rings (SSSR count). The van der Waals surface area contributed by atoms with Crippen molar-refractivity contribution in [3.63, 3.8) is 0 Å². The van der Waals surface area contributed by atoms with E-state index in [1.807, 2.05) is 54.6 Å². The van der Waals surface area contributed by atoms with Gasteiger partial charge < -0.3 is 10.2 Å². The van der Waals surface area contributed by atoms with E-state index in [0.717, 1.165) is 48.0 Å². The molecule has 154 valence electrons. The maximum absolute atomic E-state index is 12.9. The summed E-state index contributed by atoms with van der Waals surface area (Å²) in [6.45, 7) is 3.78. The molecule has 0 atom stereocenters. The van der Waals surface area contributed by atoms with E-state index in [0.29, 0.717) is 6.54 Å². The van der Waals surface area contributed by atoms with E-state index in [9.17, 15) is 4.79 Å². The number of piperazine rings is 1. The van der Waals surface area contributed by atoms with Crippen molar-refractivity contribution < 1.29 is 4.79 Å². The smallest absolute Gasteiger partial charge is 0.234 e. The lowest BCUT2D eigenvalue weighted by atomic mass is 9.99. The highest BCUT2D eigenvalue weighted by atomic mass is 35.5. The molecular formula is C25H26ClN3O. The average Bonchev–Trinajstić information content (AvgIpc) is 2.80. The van der Waals surface area contributed by atoms with Gasteiger partial charge in [0.05, 0.1) is 23.3 Å². The molecule has 3 aromatic carbocycles. The topological polar surface area (TPSA) is 35.6 Å². The lowest BCUT2D eigenvalue weighted by molar-refractivity contribution is -0.122. The first kappa shape index (κ1) is 20.5. The number of nitrogens with one attached hydrogen (secondary N) is 1. The predicted octanol–water partition coefficient (Wildman–Crippen LogP) is 4.37. The molecule has 1 N–H and O–H groups in total. The van der Waals surface area contributed by atoms with E-state index in [2.05, 4.69) is 45.4 Å². The van der Waals surface area contributed by atoms with Crippen LogP contribution < -0.4 is 10.2 Å². The van der Waals surface area contributed by atoms with Crippen molar-refractivity contribution in [2.24, 2.45) is 0 Å². The molecule has 1 fully saturated rings. The largest absolute Gasteiger partial charge is 0.368 e. The van der Waals surface area contributed by atoms with Crippen molar-refractivity contribution in [1.29, 1.82) is 0 Å². The summed E-state index contributed by atoms with van der Waals surface area (Å²) in [5.41, 5.74) is 3.23. The number of benzene rings is 3. The van der Waals surface area contributed by atoms with Crippen LogP contribution >= 0.6 is 11.6 Å². The van der Waals surface area contributed by atoms with Gasteiger partial charge in [-0.2, -0.15) is 0 Å².